The first-order valence-electron chi connectivity index (χ1n) is 8.76. The summed E-state index contributed by atoms with van der Waals surface area (Å²) in [7, 11) is 1.52. The molecule has 6 N–H and O–H groups in total. The molecule has 2 atom stereocenters. The molecule has 1 aliphatic rings. The van der Waals surface area contributed by atoms with Crippen molar-refractivity contribution < 1.29 is 13.9 Å². The van der Waals surface area contributed by atoms with Crippen molar-refractivity contribution in [3.8, 4) is 5.75 Å². The lowest BCUT2D eigenvalue weighted by Gasteiger charge is -2.30. The van der Waals surface area contributed by atoms with Gasteiger partial charge in [-0.2, -0.15) is 0 Å². The highest BCUT2D eigenvalue weighted by molar-refractivity contribution is 5.98. The third-order valence-corrected chi connectivity index (χ3v) is 4.59. The smallest absolute Gasteiger partial charge is 0.252 e. The molecule has 0 radical (unpaired) electrons. The van der Waals surface area contributed by atoms with Gasteiger partial charge in [-0.25, -0.2) is 9.37 Å². The maximum absolute atomic E-state index is 14.5. The maximum Gasteiger partial charge on any atom is 0.252 e. The fourth-order valence-corrected chi connectivity index (χ4v) is 3.12. The fourth-order valence-electron chi connectivity index (χ4n) is 3.12. The van der Waals surface area contributed by atoms with Gasteiger partial charge >= 0.3 is 0 Å². The average molecular weight is 374 g/mol. The Balaban J connectivity index is 1.91. The van der Waals surface area contributed by atoms with Gasteiger partial charge in [-0.3, -0.25) is 9.78 Å². The zero-order valence-corrected chi connectivity index (χ0v) is 15.0. The minimum absolute atomic E-state index is 0.0284. The predicted octanol–water partition coefficient (Wildman–Crippen LogP) is 2.15. The number of halogens is 1. The van der Waals surface area contributed by atoms with Crippen molar-refractivity contribution in [1.82, 2.24) is 9.97 Å². The third-order valence-electron chi connectivity index (χ3n) is 4.59. The van der Waals surface area contributed by atoms with E-state index in [0.717, 1.165) is 31.7 Å². The zero-order chi connectivity index (χ0) is 19.4. The molecule has 1 fully saturated rings. The van der Waals surface area contributed by atoms with Crippen LogP contribution in [0.4, 0.5) is 21.7 Å². The van der Waals surface area contributed by atoms with Crippen LogP contribution in [0, 0.1) is 5.82 Å². The molecule has 2 aromatic heterocycles. The van der Waals surface area contributed by atoms with Crippen LogP contribution in [0.25, 0.3) is 0 Å². The van der Waals surface area contributed by atoms with Crippen LogP contribution < -0.4 is 26.8 Å². The number of ether oxygens (including phenoxy) is 1. The topological polar surface area (TPSA) is 128 Å². The van der Waals surface area contributed by atoms with E-state index in [1.165, 1.54) is 19.5 Å². The number of carbonyl (C=O) groups excluding carboxylic acids is 1. The number of nitrogens with two attached hydrogens (primary N) is 2. The molecule has 1 aliphatic carbocycles. The van der Waals surface area contributed by atoms with E-state index >= 15 is 0 Å². The SMILES string of the molecule is COc1cncc(Nc2nc(N[C@@H]3CCCC[C@@H]3N)c(F)cc2C(N)=O)c1. The highest BCUT2D eigenvalue weighted by Gasteiger charge is 2.24. The summed E-state index contributed by atoms with van der Waals surface area (Å²) in [6.45, 7) is 0. The van der Waals surface area contributed by atoms with Gasteiger partial charge in [0.1, 0.15) is 11.6 Å². The fraction of sp³-hybridized carbons (Fsp3) is 0.389. The van der Waals surface area contributed by atoms with Gasteiger partial charge < -0.3 is 26.8 Å². The number of hydrogen-bond acceptors (Lipinski definition) is 7. The van der Waals surface area contributed by atoms with Crippen molar-refractivity contribution >= 4 is 23.2 Å². The average Bonchev–Trinajstić information content (AvgIpc) is 2.66. The Hall–Kier alpha value is -2.94. The Kier molecular flexibility index (Phi) is 5.70. The molecule has 1 saturated carbocycles. The number of hydrogen-bond donors (Lipinski definition) is 4. The van der Waals surface area contributed by atoms with Crippen LogP contribution >= 0.6 is 0 Å². The summed E-state index contributed by atoms with van der Waals surface area (Å²) in [5.74, 6) is -0.766. The number of nitrogens with one attached hydrogen (secondary N) is 2. The van der Waals surface area contributed by atoms with E-state index in [2.05, 4.69) is 20.6 Å². The molecule has 0 aliphatic heterocycles. The molecule has 0 aromatic carbocycles. The third kappa shape index (κ3) is 4.43. The molecule has 2 heterocycles. The zero-order valence-electron chi connectivity index (χ0n) is 15.0. The van der Waals surface area contributed by atoms with Crippen LogP contribution in [-0.4, -0.2) is 35.1 Å². The summed E-state index contributed by atoms with van der Waals surface area (Å²) in [5.41, 5.74) is 12.0. The van der Waals surface area contributed by atoms with E-state index in [4.69, 9.17) is 16.2 Å². The van der Waals surface area contributed by atoms with Gasteiger partial charge in [-0.15, -0.1) is 0 Å². The summed E-state index contributed by atoms with van der Waals surface area (Å²) in [4.78, 5) is 20.0. The standard InChI is InChI=1S/C18H23FN6O2/c1-27-11-6-10(8-22-9-11)23-17-12(16(21)26)7-13(19)18(25-17)24-15-5-3-2-4-14(15)20/h6-9,14-15H,2-5,20H2,1H3,(H2,21,26)(H2,23,24,25)/t14-,15+/m0/s1. The molecular formula is C18H23FN6O2. The van der Waals surface area contributed by atoms with E-state index in [1.807, 2.05) is 0 Å². The van der Waals surface area contributed by atoms with Crippen molar-refractivity contribution in [3.05, 3.63) is 35.9 Å². The lowest BCUT2D eigenvalue weighted by atomic mass is 9.91. The normalized spacial score (nSPS) is 19.4. The minimum Gasteiger partial charge on any atom is -0.495 e. The second kappa shape index (κ2) is 8.17. The lowest BCUT2D eigenvalue weighted by molar-refractivity contribution is 0.100. The van der Waals surface area contributed by atoms with Crippen LogP contribution in [0.5, 0.6) is 5.75 Å². The van der Waals surface area contributed by atoms with E-state index < -0.39 is 11.7 Å². The molecule has 144 valence electrons. The highest BCUT2D eigenvalue weighted by atomic mass is 19.1. The first-order chi connectivity index (χ1) is 13.0. The molecule has 3 rings (SSSR count). The Morgan fingerprint density at radius 1 is 1.26 bits per heavy atom. The molecular weight excluding hydrogens is 351 g/mol. The van der Waals surface area contributed by atoms with E-state index in [0.29, 0.717) is 11.4 Å². The summed E-state index contributed by atoms with van der Waals surface area (Å²) >= 11 is 0. The van der Waals surface area contributed by atoms with Gasteiger partial charge in [0.15, 0.2) is 11.6 Å². The van der Waals surface area contributed by atoms with E-state index in [-0.39, 0.29) is 29.3 Å². The van der Waals surface area contributed by atoms with Crippen LogP contribution in [0.2, 0.25) is 0 Å². The Labute approximate surface area is 156 Å². The van der Waals surface area contributed by atoms with Crippen molar-refractivity contribution in [2.75, 3.05) is 17.7 Å². The Morgan fingerprint density at radius 3 is 2.74 bits per heavy atom. The molecule has 0 spiro atoms. The van der Waals surface area contributed by atoms with Gasteiger partial charge in [-0.05, 0) is 18.9 Å². The van der Waals surface area contributed by atoms with Crippen molar-refractivity contribution in [2.24, 2.45) is 11.5 Å². The van der Waals surface area contributed by atoms with E-state index in [1.54, 1.807) is 6.07 Å². The van der Waals surface area contributed by atoms with Crippen LogP contribution in [-0.2, 0) is 0 Å². The molecule has 0 bridgehead atoms. The summed E-state index contributed by atoms with van der Waals surface area (Å²) in [5, 5.41) is 6.02. The maximum atomic E-state index is 14.5. The quantitative estimate of drug-likeness (QED) is 0.610. The molecule has 9 heteroatoms. The molecule has 2 aromatic rings. The highest BCUT2D eigenvalue weighted by Crippen LogP contribution is 2.27. The number of aromatic nitrogens is 2. The summed E-state index contributed by atoms with van der Waals surface area (Å²) in [6.07, 6.45) is 6.86. The van der Waals surface area contributed by atoms with Gasteiger partial charge in [0.25, 0.3) is 5.91 Å². The largest absolute Gasteiger partial charge is 0.495 e. The molecule has 8 nitrogen and oxygen atoms in total. The molecule has 1 amide bonds. The Morgan fingerprint density at radius 2 is 2.04 bits per heavy atom. The summed E-state index contributed by atoms with van der Waals surface area (Å²) < 4.78 is 19.6. The number of amides is 1. The summed E-state index contributed by atoms with van der Waals surface area (Å²) in [6, 6.07) is 2.59. The number of nitrogens with zero attached hydrogens (tertiary/aromatic N) is 2. The van der Waals surface area contributed by atoms with Crippen LogP contribution in [0.3, 0.4) is 0 Å². The number of pyridine rings is 2. The number of methoxy groups -OCH3 is 1. The minimum atomic E-state index is -0.791. The van der Waals surface area contributed by atoms with Gasteiger partial charge in [0.2, 0.25) is 0 Å². The molecule has 27 heavy (non-hydrogen) atoms. The van der Waals surface area contributed by atoms with Gasteiger partial charge in [-0.1, -0.05) is 12.8 Å². The number of anilines is 3. The number of carbonyl (C=O) groups is 1. The van der Waals surface area contributed by atoms with Crippen molar-refractivity contribution in [3.63, 3.8) is 0 Å². The number of primary amides is 1. The second-order valence-corrected chi connectivity index (χ2v) is 6.52. The predicted molar refractivity (Wildman–Crippen MR) is 101 cm³/mol. The molecule has 0 unspecified atom stereocenters. The van der Waals surface area contributed by atoms with Crippen molar-refractivity contribution in [1.29, 1.82) is 0 Å². The van der Waals surface area contributed by atoms with Gasteiger partial charge in [0.05, 0.1) is 30.8 Å². The monoisotopic (exact) mass is 374 g/mol. The first-order valence-corrected chi connectivity index (χ1v) is 8.76. The van der Waals surface area contributed by atoms with E-state index in [9.17, 15) is 9.18 Å². The van der Waals surface area contributed by atoms with Crippen LogP contribution in [0.1, 0.15) is 36.0 Å². The lowest BCUT2D eigenvalue weighted by Crippen LogP contribution is -2.43. The second-order valence-electron chi connectivity index (χ2n) is 6.52. The van der Waals surface area contributed by atoms with Gasteiger partial charge in [0, 0.05) is 18.2 Å². The van der Waals surface area contributed by atoms with Crippen molar-refractivity contribution in [2.45, 2.75) is 37.8 Å². The Bertz CT molecular complexity index is 831. The first kappa shape index (κ1) is 18.8. The van der Waals surface area contributed by atoms with Crippen LogP contribution in [0.15, 0.2) is 24.5 Å². The number of rotatable bonds is 6. The molecule has 0 saturated heterocycles.